The maximum absolute atomic E-state index is 11.9. The van der Waals surface area contributed by atoms with Gasteiger partial charge in [-0.15, -0.1) is 0 Å². The highest BCUT2D eigenvalue weighted by Crippen LogP contribution is 2.17. The van der Waals surface area contributed by atoms with Gasteiger partial charge < -0.3 is 15.8 Å². The first kappa shape index (κ1) is 15.2. The van der Waals surface area contributed by atoms with E-state index < -0.39 is 0 Å². The molecule has 0 heterocycles. The first-order valence-corrected chi connectivity index (χ1v) is 6.95. The number of nitrogens with two attached hydrogens (primary N) is 1. The van der Waals surface area contributed by atoms with E-state index in [2.05, 4.69) is 5.32 Å². The van der Waals surface area contributed by atoms with E-state index in [-0.39, 0.29) is 18.6 Å². The number of ether oxygens (including phenoxy) is 1. The Morgan fingerprint density at radius 2 is 2.00 bits per heavy atom. The van der Waals surface area contributed by atoms with E-state index in [1.165, 1.54) is 0 Å². The lowest BCUT2D eigenvalue weighted by atomic mass is 10.1. The van der Waals surface area contributed by atoms with E-state index in [1.807, 2.05) is 19.1 Å². The zero-order valence-corrected chi connectivity index (χ0v) is 12.4. The number of halogens is 1. The van der Waals surface area contributed by atoms with Gasteiger partial charge in [0.15, 0.2) is 6.61 Å². The molecule has 1 atom stereocenters. The first-order chi connectivity index (χ1) is 10.0. The van der Waals surface area contributed by atoms with E-state index in [1.54, 1.807) is 36.4 Å². The van der Waals surface area contributed by atoms with Crippen molar-refractivity contribution in [2.45, 2.75) is 13.0 Å². The van der Waals surface area contributed by atoms with Gasteiger partial charge in [-0.2, -0.15) is 0 Å². The summed E-state index contributed by atoms with van der Waals surface area (Å²) in [5.41, 5.74) is 7.32. The van der Waals surface area contributed by atoms with Crippen molar-refractivity contribution in [1.82, 2.24) is 5.32 Å². The fraction of sp³-hybridized carbons (Fsp3) is 0.188. The highest BCUT2D eigenvalue weighted by molar-refractivity contribution is 6.30. The molecule has 2 aromatic carbocycles. The van der Waals surface area contributed by atoms with Crippen molar-refractivity contribution in [3.8, 4) is 5.75 Å². The topological polar surface area (TPSA) is 64.3 Å². The molecule has 0 bridgehead atoms. The fourth-order valence-corrected chi connectivity index (χ4v) is 2.04. The van der Waals surface area contributed by atoms with Crippen LogP contribution in [0, 0.1) is 0 Å². The molecule has 0 fully saturated rings. The van der Waals surface area contributed by atoms with Gasteiger partial charge >= 0.3 is 0 Å². The number of hydrogen-bond acceptors (Lipinski definition) is 3. The Bertz CT molecular complexity index is 614. The minimum absolute atomic E-state index is 0.0559. The highest BCUT2D eigenvalue weighted by Gasteiger charge is 2.10. The van der Waals surface area contributed by atoms with Crippen molar-refractivity contribution < 1.29 is 9.53 Å². The summed E-state index contributed by atoms with van der Waals surface area (Å²) < 4.78 is 5.39. The van der Waals surface area contributed by atoms with Crippen molar-refractivity contribution in [1.29, 1.82) is 0 Å². The number of hydrogen-bond donors (Lipinski definition) is 2. The third-order valence-electron chi connectivity index (χ3n) is 2.98. The van der Waals surface area contributed by atoms with Crippen LogP contribution < -0.4 is 15.8 Å². The maximum Gasteiger partial charge on any atom is 0.258 e. The number of nitrogen functional groups attached to an aromatic ring is 1. The Hall–Kier alpha value is -2.20. The third-order valence-corrected chi connectivity index (χ3v) is 3.22. The highest BCUT2D eigenvalue weighted by atomic mass is 35.5. The van der Waals surface area contributed by atoms with Crippen LogP contribution in [0.2, 0.25) is 5.02 Å². The summed E-state index contributed by atoms with van der Waals surface area (Å²) in [7, 11) is 0. The third kappa shape index (κ3) is 4.68. The van der Waals surface area contributed by atoms with Crippen molar-refractivity contribution >= 4 is 23.2 Å². The summed E-state index contributed by atoms with van der Waals surface area (Å²) in [5.74, 6) is 0.372. The van der Waals surface area contributed by atoms with E-state index in [0.717, 1.165) is 5.56 Å². The maximum atomic E-state index is 11.9. The SMILES string of the molecule is CC(NC(=O)COc1cccc(Cl)c1)c1ccc(N)cc1. The van der Waals surface area contributed by atoms with Gasteiger partial charge in [0.1, 0.15) is 5.75 Å². The van der Waals surface area contributed by atoms with Gasteiger partial charge in [0.2, 0.25) is 0 Å². The molecule has 0 aromatic heterocycles. The van der Waals surface area contributed by atoms with Gasteiger partial charge in [-0.05, 0) is 42.8 Å². The molecule has 0 aliphatic carbocycles. The smallest absolute Gasteiger partial charge is 0.258 e. The first-order valence-electron chi connectivity index (χ1n) is 6.58. The fourth-order valence-electron chi connectivity index (χ4n) is 1.86. The summed E-state index contributed by atoms with van der Waals surface area (Å²) in [5, 5.41) is 3.44. The average Bonchev–Trinajstić information content (AvgIpc) is 2.46. The van der Waals surface area contributed by atoms with Crippen molar-refractivity contribution in [3.05, 3.63) is 59.1 Å². The molecule has 4 nitrogen and oxygen atoms in total. The zero-order chi connectivity index (χ0) is 15.2. The molecule has 2 aromatic rings. The van der Waals surface area contributed by atoms with Gasteiger partial charge in [-0.1, -0.05) is 29.8 Å². The van der Waals surface area contributed by atoms with Crippen LogP contribution in [-0.2, 0) is 4.79 Å². The number of benzene rings is 2. The van der Waals surface area contributed by atoms with Crippen LogP contribution in [0.25, 0.3) is 0 Å². The summed E-state index contributed by atoms with van der Waals surface area (Å²) in [6.45, 7) is 1.85. The molecule has 3 N–H and O–H groups in total. The second-order valence-corrected chi connectivity index (χ2v) is 5.14. The molecule has 0 aliphatic heterocycles. The second kappa shape index (κ2) is 6.99. The van der Waals surface area contributed by atoms with Gasteiger partial charge in [0.25, 0.3) is 5.91 Å². The summed E-state index contributed by atoms with van der Waals surface area (Å²) in [4.78, 5) is 11.9. The van der Waals surface area contributed by atoms with E-state index in [4.69, 9.17) is 22.1 Å². The predicted octanol–water partition coefficient (Wildman–Crippen LogP) is 3.18. The number of carbonyl (C=O) groups is 1. The molecule has 1 unspecified atom stereocenters. The van der Waals surface area contributed by atoms with Crippen LogP contribution in [0.4, 0.5) is 5.69 Å². The average molecular weight is 305 g/mol. The summed E-state index contributed by atoms with van der Waals surface area (Å²) >= 11 is 5.85. The standard InChI is InChI=1S/C16H17ClN2O2/c1-11(12-5-7-14(18)8-6-12)19-16(20)10-21-15-4-2-3-13(17)9-15/h2-9,11H,10,18H2,1H3,(H,19,20). The molecular weight excluding hydrogens is 288 g/mol. The Kier molecular flexibility index (Phi) is 5.06. The normalized spacial score (nSPS) is 11.7. The largest absolute Gasteiger partial charge is 0.484 e. The minimum atomic E-state index is -0.195. The molecule has 0 saturated heterocycles. The van der Waals surface area contributed by atoms with Crippen LogP contribution >= 0.6 is 11.6 Å². The lowest BCUT2D eigenvalue weighted by Crippen LogP contribution is -2.31. The lowest BCUT2D eigenvalue weighted by molar-refractivity contribution is -0.123. The molecule has 5 heteroatoms. The summed E-state index contributed by atoms with van der Waals surface area (Å²) in [6.07, 6.45) is 0. The Labute approximate surface area is 128 Å². The van der Waals surface area contributed by atoms with Crippen LogP contribution in [0.3, 0.4) is 0 Å². The number of amides is 1. The van der Waals surface area contributed by atoms with Crippen molar-refractivity contribution in [3.63, 3.8) is 0 Å². The van der Waals surface area contributed by atoms with Crippen molar-refractivity contribution in [2.75, 3.05) is 12.3 Å². The van der Waals surface area contributed by atoms with Gasteiger partial charge in [-0.3, -0.25) is 4.79 Å². The van der Waals surface area contributed by atoms with Gasteiger partial charge in [-0.25, -0.2) is 0 Å². The predicted molar refractivity (Wildman–Crippen MR) is 84.4 cm³/mol. The van der Waals surface area contributed by atoms with Gasteiger partial charge in [0, 0.05) is 10.7 Å². The zero-order valence-electron chi connectivity index (χ0n) is 11.7. The molecular formula is C16H17ClN2O2. The molecule has 0 radical (unpaired) electrons. The number of rotatable bonds is 5. The Morgan fingerprint density at radius 1 is 1.29 bits per heavy atom. The number of nitrogens with one attached hydrogen (secondary N) is 1. The van der Waals surface area contributed by atoms with E-state index in [0.29, 0.717) is 16.5 Å². The van der Waals surface area contributed by atoms with Crippen LogP contribution in [0.1, 0.15) is 18.5 Å². The number of carbonyl (C=O) groups excluding carboxylic acids is 1. The van der Waals surface area contributed by atoms with Gasteiger partial charge in [0.05, 0.1) is 6.04 Å². The van der Waals surface area contributed by atoms with Crippen molar-refractivity contribution in [2.24, 2.45) is 0 Å². The molecule has 110 valence electrons. The summed E-state index contributed by atoms with van der Waals surface area (Å²) in [6, 6.07) is 14.2. The van der Waals surface area contributed by atoms with E-state index >= 15 is 0 Å². The second-order valence-electron chi connectivity index (χ2n) is 4.70. The van der Waals surface area contributed by atoms with Crippen LogP contribution in [0.15, 0.2) is 48.5 Å². The molecule has 21 heavy (non-hydrogen) atoms. The molecule has 0 aliphatic rings. The lowest BCUT2D eigenvalue weighted by Gasteiger charge is -2.15. The Morgan fingerprint density at radius 3 is 2.67 bits per heavy atom. The molecule has 2 rings (SSSR count). The number of anilines is 1. The minimum Gasteiger partial charge on any atom is -0.484 e. The quantitative estimate of drug-likeness (QED) is 0.834. The monoisotopic (exact) mass is 304 g/mol. The molecule has 1 amide bonds. The van der Waals surface area contributed by atoms with E-state index in [9.17, 15) is 4.79 Å². The molecule has 0 spiro atoms. The van der Waals surface area contributed by atoms with Crippen LogP contribution in [-0.4, -0.2) is 12.5 Å². The van der Waals surface area contributed by atoms with Crippen LogP contribution in [0.5, 0.6) is 5.75 Å². The Balaban J connectivity index is 1.85. The molecule has 0 saturated carbocycles.